The fourth-order valence-corrected chi connectivity index (χ4v) is 6.70. The number of hydrogen-bond donors (Lipinski definition) is 1. The van der Waals surface area contributed by atoms with Gasteiger partial charge in [-0.15, -0.1) is 0 Å². The summed E-state index contributed by atoms with van der Waals surface area (Å²) in [7, 11) is 3.04. The molecule has 2 aliphatic rings. The minimum Gasteiger partial charge on any atom is -0.497 e. The number of nitrogens with zero attached hydrogens (tertiary/aromatic N) is 2. The van der Waals surface area contributed by atoms with Crippen molar-refractivity contribution in [2.24, 2.45) is 0 Å². The highest BCUT2D eigenvalue weighted by atomic mass is 19.4. The molecule has 0 saturated carbocycles. The largest absolute Gasteiger partial charge is 0.497 e. The van der Waals surface area contributed by atoms with Gasteiger partial charge < -0.3 is 19.4 Å². The third-order valence-corrected chi connectivity index (χ3v) is 9.73. The molecular weight excluding hydrogens is 720 g/mol. The molecule has 1 heterocycles. The fraction of sp³-hybridized carbons (Fsp3) is 0.395. The number of methoxy groups -OCH3 is 2. The maximum Gasteiger partial charge on any atom is 0.416 e. The predicted molar refractivity (Wildman–Crippen MR) is 203 cm³/mol. The Hall–Kier alpha value is -5.00. The molecule has 6 nitrogen and oxygen atoms in total. The van der Waals surface area contributed by atoms with Gasteiger partial charge in [0, 0.05) is 41.8 Å². The number of amides is 1. The van der Waals surface area contributed by atoms with Crippen LogP contribution < -0.4 is 20.9 Å². The quantitative estimate of drug-likeness (QED) is 0.124. The molecule has 0 fully saturated rings. The zero-order valence-corrected chi connectivity index (χ0v) is 31.4. The lowest BCUT2D eigenvalue weighted by molar-refractivity contribution is -0.0971. The number of rotatable bonds is 15. The highest BCUT2D eigenvalue weighted by Crippen LogP contribution is 2.40. The number of carbonyl (C=O) groups is 1. The molecule has 12 heteroatoms. The first kappa shape index (κ1) is 41.2. The summed E-state index contributed by atoms with van der Waals surface area (Å²) in [5.41, 5.74) is -0.202. The van der Waals surface area contributed by atoms with Crippen molar-refractivity contribution in [3.63, 3.8) is 0 Å². The van der Waals surface area contributed by atoms with E-state index in [2.05, 4.69) is 12.2 Å². The molecule has 0 saturated heterocycles. The second-order valence-corrected chi connectivity index (χ2v) is 13.7. The van der Waals surface area contributed by atoms with Gasteiger partial charge in [-0.3, -0.25) is 4.79 Å². The van der Waals surface area contributed by atoms with Crippen LogP contribution in [0, 0.1) is 0 Å². The van der Waals surface area contributed by atoms with Crippen LogP contribution in [0.15, 0.2) is 95.8 Å². The number of aromatic nitrogens is 2. The Morgan fingerprint density at radius 3 is 2.05 bits per heavy atom. The van der Waals surface area contributed by atoms with Gasteiger partial charge in [0.05, 0.1) is 30.8 Å². The molecule has 2 aliphatic carbocycles. The molecule has 1 aromatic heterocycles. The van der Waals surface area contributed by atoms with E-state index in [0.717, 1.165) is 30.9 Å². The van der Waals surface area contributed by atoms with Gasteiger partial charge in [-0.2, -0.15) is 26.3 Å². The number of halogens is 6. The van der Waals surface area contributed by atoms with E-state index >= 15 is 0 Å². The molecule has 294 valence electrons. The first-order valence-electron chi connectivity index (χ1n) is 18.7. The SMILES string of the molecule is CCCCCCCCCCNC(=O)c1ccc(Cn2c(=C3C=C(C(F)(F)F)C=C(C(F)(F)F)C3)nc(-c3ccc(OC)cc3)c2=C2C=CC(OC)=CC2)cc1. The molecule has 0 radical (unpaired) electrons. The van der Waals surface area contributed by atoms with Crippen LogP contribution in [0.1, 0.15) is 87.1 Å². The number of imidazole rings is 1. The Kier molecular flexibility index (Phi) is 13.9. The van der Waals surface area contributed by atoms with E-state index in [1.54, 1.807) is 59.2 Å². The topological polar surface area (TPSA) is 65.4 Å². The zero-order valence-electron chi connectivity index (χ0n) is 31.4. The zero-order chi connectivity index (χ0) is 39.6. The van der Waals surface area contributed by atoms with E-state index < -0.39 is 29.9 Å². The van der Waals surface area contributed by atoms with E-state index in [-0.39, 0.29) is 29.6 Å². The summed E-state index contributed by atoms with van der Waals surface area (Å²) in [6, 6.07) is 13.7. The van der Waals surface area contributed by atoms with E-state index in [0.29, 0.717) is 52.2 Å². The van der Waals surface area contributed by atoms with Gasteiger partial charge in [0.15, 0.2) is 0 Å². The van der Waals surface area contributed by atoms with Gasteiger partial charge in [-0.05, 0) is 84.7 Å². The van der Waals surface area contributed by atoms with Crippen molar-refractivity contribution >= 4 is 17.1 Å². The maximum absolute atomic E-state index is 14.1. The average Bonchev–Trinajstić information content (AvgIpc) is 3.55. The number of nitrogens with one attached hydrogen (secondary N) is 1. The third-order valence-electron chi connectivity index (χ3n) is 9.73. The third kappa shape index (κ3) is 10.8. The van der Waals surface area contributed by atoms with E-state index in [1.807, 2.05) is 12.2 Å². The Balaban J connectivity index is 1.56. The van der Waals surface area contributed by atoms with E-state index in [9.17, 15) is 31.1 Å². The van der Waals surface area contributed by atoms with Crippen LogP contribution in [0.5, 0.6) is 5.75 Å². The monoisotopic (exact) mass is 767 g/mol. The van der Waals surface area contributed by atoms with Crippen LogP contribution in [0.4, 0.5) is 26.3 Å². The van der Waals surface area contributed by atoms with Crippen molar-refractivity contribution in [3.05, 3.63) is 118 Å². The lowest BCUT2D eigenvalue weighted by Gasteiger charge is -2.20. The molecule has 2 aromatic carbocycles. The molecular formula is C43H47F6N3O3. The Labute approximate surface area is 317 Å². The van der Waals surface area contributed by atoms with Gasteiger partial charge >= 0.3 is 12.4 Å². The maximum atomic E-state index is 14.1. The molecule has 0 aliphatic heterocycles. The lowest BCUT2D eigenvalue weighted by Crippen LogP contribution is -2.32. The van der Waals surface area contributed by atoms with Crippen molar-refractivity contribution in [2.75, 3.05) is 20.8 Å². The van der Waals surface area contributed by atoms with Crippen molar-refractivity contribution in [2.45, 2.75) is 90.0 Å². The Bertz CT molecular complexity index is 2050. The first-order valence-corrected chi connectivity index (χ1v) is 18.7. The average molecular weight is 768 g/mol. The van der Waals surface area contributed by atoms with Crippen LogP contribution >= 0.6 is 0 Å². The molecule has 0 atom stereocenters. The smallest absolute Gasteiger partial charge is 0.416 e. The molecule has 0 spiro atoms. The van der Waals surface area contributed by atoms with Crippen LogP contribution in [-0.4, -0.2) is 48.6 Å². The number of hydrogen-bond acceptors (Lipinski definition) is 4. The van der Waals surface area contributed by atoms with Crippen molar-refractivity contribution < 1.29 is 40.6 Å². The van der Waals surface area contributed by atoms with Crippen molar-refractivity contribution in [1.82, 2.24) is 14.9 Å². The first-order chi connectivity index (χ1) is 26.3. The molecule has 55 heavy (non-hydrogen) atoms. The number of benzene rings is 2. The molecule has 1 N–H and O–H groups in total. The lowest BCUT2D eigenvalue weighted by atomic mass is 9.94. The number of ether oxygens (including phenoxy) is 2. The molecule has 5 rings (SSSR count). The second kappa shape index (κ2) is 18.6. The molecule has 3 aromatic rings. The predicted octanol–water partition coefficient (Wildman–Crippen LogP) is 9.65. The summed E-state index contributed by atoms with van der Waals surface area (Å²) >= 11 is 0. The summed E-state index contributed by atoms with van der Waals surface area (Å²) in [5, 5.41) is 3.49. The van der Waals surface area contributed by atoms with Gasteiger partial charge in [-0.1, -0.05) is 70.1 Å². The van der Waals surface area contributed by atoms with E-state index in [1.165, 1.54) is 46.3 Å². The van der Waals surface area contributed by atoms with Crippen LogP contribution in [0.3, 0.4) is 0 Å². The normalized spacial score (nSPS) is 16.7. The number of carbonyl (C=O) groups excluding carboxylic acids is 1. The second-order valence-electron chi connectivity index (χ2n) is 13.7. The Morgan fingerprint density at radius 2 is 1.47 bits per heavy atom. The van der Waals surface area contributed by atoms with Gasteiger partial charge in [0.25, 0.3) is 5.91 Å². The minimum absolute atomic E-state index is 0.0352. The fourth-order valence-electron chi connectivity index (χ4n) is 6.70. The van der Waals surface area contributed by atoms with E-state index in [4.69, 9.17) is 14.5 Å². The highest BCUT2D eigenvalue weighted by molar-refractivity contribution is 5.94. The summed E-state index contributed by atoms with van der Waals surface area (Å²) < 4.78 is 97.1. The molecule has 1 amide bonds. The van der Waals surface area contributed by atoms with Crippen molar-refractivity contribution in [1.29, 1.82) is 0 Å². The van der Waals surface area contributed by atoms with Crippen LogP contribution in [0.25, 0.3) is 22.4 Å². The van der Waals surface area contributed by atoms with Crippen LogP contribution in [-0.2, 0) is 11.3 Å². The van der Waals surface area contributed by atoms with Gasteiger partial charge in [-0.25, -0.2) is 4.98 Å². The summed E-state index contributed by atoms with van der Waals surface area (Å²) in [4.78, 5) is 17.8. The number of allylic oxidation sites excluding steroid dienone is 7. The highest BCUT2D eigenvalue weighted by Gasteiger charge is 2.41. The number of unbranched alkanes of at least 4 members (excludes halogenated alkanes) is 7. The summed E-state index contributed by atoms with van der Waals surface area (Å²) in [6.07, 6.45) is 5.02. The van der Waals surface area contributed by atoms with Crippen molar-refractivity contribution in [3.8, 4) is 17.0 Å². The van der Waals surface area contributed by atoms with Gasteiger partial charge in [0.1, 0.15) is 17.0 Å². The summed E-state index contributed by atoms with van der Waals surface area (Å²) in [5.74, 6) is 0.943. The van der Waals surface area contributed by atoms with Crippen LogP contribution in [0.2, 0.25) is 0 Å². The van der Waals surface area contributed by atoms with Gasteiger partial charge in [0.2, 0.25) is 0 Å². The molecule has 0 unspecified atom stereocenters. The standard InChI is InChI=1S/C43H47F6N3O3/c1-4-5-6-7-8-9-10-11-24-50-41(53)32-14-12-29(13-15-32)28-52-39(31-18-22-37(55-3)23-19-31)38(30-16-20-36(54-2)21-17-30)51-40(52)33-25-34(42(44,45)46)27-35(26-33)43(47,48)49/h12-18,20-23,25,27H,4-11,19,24,26,28H2,1-3H3,(H,50,53). The number of alkyl halides is 6. The molecule has 0 bridgehead atoms. The minimum atomic E-state index is -5.03. The summed E-state index contributed by atoms with van der Waals surface area (Å²) in [6.45, 7) is 2.78. The Morgan fingerprint density at radius 1 is 0.800 bits per heavy atom.